The van der Waals surface area contributed by atoms with Crippen molar-refractivity contribution in [3.05, 3.63) is 23.8 Å². The topological polar surface area (TPSA) is 69.6 Å². The van der Waals surface area contributed by atoms with Crippen LogP contribution in [0.4, 0.5) is 0 Å². The van der Waals surface area contributed by atoms with E-state index >= 15 is 0 Å². The fraction of sp³-hybridized carbons (Fsp3) is 0.650. The molecular weight excluding hydrogens is 344 g/mol. The molecule has 1 aromatic rings. The number of aliphatic hydroxyl groups excluding tert-OH is 1. The lowest BCUT2D eigenvalue weighted by molar-refractivity contribution is 0.0824. The molecule has 0 aromatic heterocycles. The number of hydrogen-bond acceptors (Lipinski definition) is 5. The van der Waals surface area contributed by atoms with E-state index in [1.165, 1.54) is 5.56 Å². The van der Waals surface area contributed by atoms with Gasteiger partial charge in [-0.25, -0.2) is 0 Å². The molecule has 1 aromatic carbocycles. The van der Waals surface area contributed by atoms with E-state index in [9.17, 15) is 5.11 Å². The van der Waals surface area contributed by atoms with Crippen LogP contribution < -0.4 is 14.8 Å². The van der Waals surface area contributed by atoms with Crippen molar-refractivity contribution in [1.29, 1.82) is 0 Å². The van der Waals surface area contributed by atoms with Gasteiger partial charge in [0.25, 0.3) is 0 Å². The molecule has 7 nitrogen and oxygen atoms in total. The van der Waals surface area contributed by atoms with E-state index in [0.29, 0.717) is 6.79 Å². The molecule has 2 N–H and O–H groups in total. The van der Waals surface area contributed by atoms with Crippen molar-refractivity contribution in [3.63, 3.8) is 0 Å². The van der Waals surface area contributed by atoms with E-state index in [0.717, 1.165) is 76.0 Å². The lowest BCUT2D eigenvalue weighted by Gasteiger charge is -2.29. The van der Waals surface area contributed by atoms with E-state index in [4.69, 9.17) is 14.5 Å². The normalized spacial score (nSPS) is 18.0. The van der Waals surface area contributed by atoms with Gasteiger partial charge >= 0.3 is 0 Å². The summed E-state index contributed by atoms with van der Waals surface area (Å²) in [5.41, 5.74) is 1.17. The molecule has 0 spiro atoms. The lowest BCUT2D eigenvalue weighted by atomic mass is 10.1. The molecule has 7 heteroatoms. The number of rotatable bonds is 7. The monoisotopic (exact) mass is 376 g/mol. The van der Waals surface area contributed by atoms with Gasteiger partial charge in [-0.3, -0.25) is 4.99 Å². The van der Waals surface area contributed by atoms with Crippen molar-refractivity contribution < 1.29 is 14.6 Å². The third-order valence-electron chi connectivity index (χ3n) is 5.00. The van der Waals surface area contributed by atoms with Crippen LogP contribution in [0.3, 0.4) is 0 Å². The highest BCUT2D eigenvalue weighted by Crippen LogP contribution is 2.32. The number of nitrogens with zero attached hydrogens (tertiary/aromatic N) is 3. The second-order valence-electron chi connectivity index (χ2n) is 7.21. The van der Waals surface area contributed by atoms with Crippen LogP contribution in [0.5, 0.6) is 11.5 Å². The van der Waals surface area contributed by atoms with Gasteiger partial charge in [0.1, 0.15) is 0 Å². The average molecular weight is 377 g/mol. The second-order valence-corrected chi connectivity index (χ2v) is 7.21. The molecule has 0 bridgehead atoms. The smallest absolute Gasteiger partial charge is 0.231 e. The van der Waals surface area contributed by atoms with Crippen molar-refractivity contribution in [2.45, 2.75) is 38.8 Å². The molecule has 0 radical (unpaired) electrons. The molecule has 0 saturated carbocycles. The Hall–Kier alpha value is -1.99. The van der Waals surface area contributed by atoms with Crippen molar-refractivity contribution in [2.75, 3.05) is 46.6 Å². The Bertz CT molecular complexity index is 630. The van der Waals surface area contributed by atoms with E-state index < -0.39 is 0 Å². The first kappa shape index (κ1) is 19.8. The zero-order chi connectivity index (χ0) is 19.1. The fourth-order valence-electron chi connectivity index (χ4n) is 3.48. The zero-order valence-electron chi connectivity index (χ0n) is 16.5. The maximum absolute atomic E-state index is 9.59. The minimum absolute atomic E-state index is 0.107. The summed E-state index contributed by atoms with van der Waals surface area (Å²) in [5, 5.41) is 13.0. The second kappa shape index (κ2) is 9.80. The Kier molecular flexibility index (Phi) is 7.18. The number of aliphatic hydroxyl groups is 1. The van der Waals surface area contributed by atoms with Gasteiger partial charge in [-0.2, -0.15) is 0 Å². The number of nitrogens with one attached hydrogen (secondary N) is 1. The van der Waals surface area contributed by atoms with Crippen LogP contribution in [0.2, 0.25) is 0 Å². The lowest BCUT2D eigenvalue weighted by Crippen LogP contribution is -2.39. The minimum atomic E-state index is -0.107. The van der Waals surface area contributed by atoms with Crippen molar-refractivity contribution in [1.82, 2.24) is 15.1 Å². The number of benzene rings is 1. The largest absolute Gasteiger partial charge is 0.454 e. The number of piperidine rings is 1. The van der Waals surface area contributed by atoms with Crippen LogP contribution in [0, 0.1) is 0 Å². The molecule has 0 unspecified atom stereocenters. The summed E-state index contributed by atoms with van der Waals surface area (Å²) in [6, 6.07) is 6.07. The van der Waals surface area contributed by atoms with E-state index in [1.54, 1.807) is 0 Å². The highest BCUT2D eigenvalue weighted by Gasteiger charge is 2.17. The van der Waals surface area contributed by atoms with Crippen LogP contribution in [0.15, 0.2) is 23.2 Å². The fourth-order valence-corrected chi connectivity index (χ4v) is 3.48. The number of guanidine groups is 1. The third kappa shape index (κ3) is 5.74. The summed E-state index contributed by atoms with van der Waals surface area (Å²) >= 11 is 0. The van der Waals surface area contributed by atoms with Gasteiger partial charge in [0.05, 0.1) is 6.10 Å². The third-order valence-corrected chi connectivity index (χ3v) is 5.00. The molecule has 0 aliphatic carbocycles. The summed E-state index contributed by atoms with van der Waals surface area (Å²) in [7, 11) is 2.05. The van der Waals surface area contributed by atoms with Gasteiger partial charge in [-0.1, -0.05) is 6.07 Å². The van der Waals surface area contributed by atoms with Gasteiger partial charge in [-0.15, -0.1) is 0 Å². The Balaban J connectivity index is 1.48. The van der Waals surface area contributed by atoms with Gasteiger partial charge < -0.3 is 29.7 Å². The van der Waals surface area contributed by atoms with Gasteiger partial charge in [0.15, 0.2) is 17.5 Å². The zero-order valence-corrected chi connectivity index (χ0v) is 16.5. The molecule has 150 valence electrons. The molecule has 2 aliphatic rings. The van der Waals surface area contributed by atoms with Crippen LogP contribution in [0.25, 0.3) is 0 Å². The van der Waals surface area contributed by atoms with Crippen molar-refractivity contribution in [3.8, 4) is 11.5 Å². The number of fused-ring (bicyclic) bond motifs is 1. The first-order valence-electron chi connectivity index (χ1n) is 9.94. The summed E-state index contributed by atoms with van der Waals surface area (Å²) in [5.74, 6) is 2.55. The standard InChI is InChI=1S/C20H32N4O3/c1-3-21-20(22-9-4-10-24-11-7-17(25)8-12-24)23(2)14-16-5-6-18-19(13-16)27-15-26-18/h5-6,13,17,25H,3-4,7-12,14-15H2,1-2H3,(H,21,22). The van der Waals surface area contributed by atoms with E-state index in [2.05, 4.69) is 35.2 Å². The number of hydrogen-bond donors (Lipinski definition) is 2. The number of likely N-dealkylation sites (tertiary alicyclic amines) is 1. The van der Waals surface area contributed by atoms with Crippen LogP contribution in [0.1, 0.15) is 31.7 Å². The Morgan fingerprint density at radius 3 is 2.85 bits per heavy atom. The number of ether oxygens (including phenoxy) is 2. The molecule has 2 aliphatic heterocycles. The minimum Gasteiger partial charge on any atom is -0.454 e. The summed E-state index contributed by atoms with van der Waals surface area (Å²) in [6.07, 6.45) is 2.71. The molecule has 0 atom stereocenters. The maximum atomic E-state index is 9.59. The summed E-state index contributed by atoms with van der Waals surface area (Å²) < 4.78 is 10.8. The van der Waals surface area contributed by atoms with Crippen LogP contribution in [-0.2, 0) is 6.54 Å². The summed E-state index contributed by atoms with van der Waals surface area (Å²) in [4.78, 5) is 9.34. The number of aliphatic imine (C=N–C) groups is 1. The molecule has 1 saturated heterocycles. The highest BCUT2D eigenvalue weighted by atomic mass is 16.7. The van der Waals surface area contributed by atoms with Gasteiger partial charge in [0, 0.05) is 39.8 Å². The van der Waals surface area contributed by atoms with Crippen LogP contribution in [-0.4, -0.2) is 73.5 Å². The maximum Gasteiger partial charge on any atom is 0.231 e. The first-order chi connectivity index (χ1) is 13.2. The highest BCUT2D eigenvalue weighted by molar-refractivity contribution is 5.79. The first-order valence-corrected chi connectivity index (χ1v) is 9.94. The van der Waals surface area contributed by atoms with Crippen molar-refractivity contribution >= 4 is 5.96 Å². The Labute approximate surface area is 162 Å². The van der Waals surface area contributed by atoms with Crippen LogP contribution >= 0.6 is 0 Å². The van der Waals surface area contributed by atoms with Gasteiger partial charge in [0.2, 0.25) is 6.79 Å². The molecule has 0 amide bonds. The van der Waals surface area contributed by atoms with E-state index in [1.807, 2.05) is 12.1 Å². The average Bonchev–Trinajstić information content (AvgIpc) is 3.13. The summed E-state index contributed by atoms with van der Waals surface area (Å²) in [6.45, 7) is 7.82. The molecule has 1 fully saturated rings. The van der Waals surface area contributed by atoms with Gasteiger partial charge in [-0.05, 0) is 50.4 Å². The predicted octanol–water partition coefficient (Wildman–Crippen LogP) is 1.66. The molecule has 2 heterocycles. The molecule has 27 heavy (non-hydrogen) atoms. The SMILES string of the molecule is CCNC(=NCCCN1CCC(O)CC1)N(C)Cc1ccc2c(c1)OCO2. The molecule has 3 rings (SSSR count). The van der Waals surface area contributed by atoms with Crippen molar-refractivity contribution in [2.24, 2.45) is 4.99 Å². The molecular formula is C20H32N4O3. The Morgan fingerprint density at radius 1 is 1.30 bits per heavy atom. The Morgan fingerprint density at radius 2 is 2.07 bits per heavy atom. The quantitative estimate of drug-likeness (QED) is 0.429. The van der Waals surface area contributed by atoms with E-state index in [-0.39, 0.29) is 6.10 Å². The predicted molar refractivity (Wildman–Crippen MR) is 106 cm³/mol.